The highest BCUT2D eigenvalue weighted by Gasteiger charge is 1.92. The third-order valence-corrected chi connectivity index (χ3v) is 2.05. The van der Waals surface area contributed by atoms with Crippen molar-refractivity contribution in [3.63, 3.8) is 0 Å². The molecule has 13 heavy (non-hydrogen) atoms. The van der Waals surface area contributed by atoms with Crippen molar-refractivity contribution in [1.82, 2.24) is 0 Å². The van der Waals surface area contributed by atoms with Gasteiger partial charge in [-0.15, -0.1) is 0 Å². The summed E-state index contributed by atoms with van der Waals surface area (Å²) in [6, 6.07) is 8.31. The van der Waals surface area contributed by atoms with E-state index in [1.807, 2.05) is 13.0 Å². The standard InChI is InChI=1S/C12H15N/c1-9-4-6-12(7-5-9)8-10(2)11(3)13/h4-8,13H,1-3H3/b10-8+,13-11?. The topological polar surface area (TPSA) is 23.9 Å². The lowest BCUT2D eigenvalue weighted by atomic mass is 10.1. The summed E-state index contributed by atoms with van der Waals surface area (Å²) in [6.45, 7) is 5.84. The molecule has 1 rings (SSSR count). The van der Waals surface area contributed by atoms with Crippen LogP contribution in [0, 0.1) is 12.3 Å². The monoisotopic (exact) mass is 173 g/mol. The summed E-state index contributed by atoms with van der Waals surface area (Å²) in [6.07, 6.45) is 2.03. The lowest BCUT2D eigenvalue weighted by Crippen LogP contribution is -1.89. The molecule has 1 nitrogen and oxygen atoms in total. The van der Waals surface area contributed by atoms with Crippen molar-refractivity contribution in [2.24, 2.45) is 0 Å². The lowest BCUT2D eigenvalue weighted by molar-refractivity contribution is 1.42. The highest BCUT2D eigenvalue weighted by molar-refractivity contribution is 5.99. The molecule has 0 bridgehead atoms. The zero-order valence-electron chi connectivity index (χ0n) is 8.39. The molecule has 0 radical (unpaired) electrons. The molecule has 1 aromatic carbocycles. The van der Waals surface area contributed by atoms with Crippen LogP contribution in [0.4, 0.5) is 0 Å². The van der Waals surface area contributed by atoms with Gasteiger partial charge in [-0.2, -0.15) is 0 Å². The Morgan fingerprint density at radius 1 is 1.15 bits per heavy atom. The summed E-state index contributed by atoms with van der Waals surface area (Å²) in [7, 11) is 0. The summed E-state index contributed by atoms with van der Waals surface area (Å²) in [4.78, 5) is 0. The minimum atomic E-state index is 0.626. The summed E-state index contributed by atoms with van der Waals surface area (Å²) in [5.74, 6) is 0. The van der Waals surface area contributed by atoms with Crippen molar-refractivity contribution in [2.45, 2.75) is 20.8 Å². The van der Waals surface area contributed by atoms with Gasteiger partial charge in [-0.3, -0.25) is 0 Å². The molecule has 0 amide bonds. The number of allylic oxidation sites excluding steroid dienone is 1. The molecule has 0 heterocycles. The molecule has 1 aromatic rings. The maximum Gasteiger partial charge on any atom is 0.0312 e. The Morgan fingerprint density at radius 3 is 2.15 bits per heavy atom. The SMILES string of the molecule is CC(=N)/C(C)=C/c1ccc(C)cc1. The largest absolute Gasteiger partial charge is 0.305 e. The van der Waals surface area contributed by atoms with Crippen LogP contribution in [0.15, 0.2) is 29.8 Å². The van der Waals surface area contributed by atoms with Crippen LogP contribution in [0.2, 0.25) is 0 Å². The molecule has 0 atom stereocenters. The molecule has 1 N–H and O–H groups in total. The molecule has 0 spiro atoms. The fourth-order valence-corrected chi connectivity index (χ4v) is 1.02. The summed E-state index contributed by atoms with van der Waals surface area (Å²) < 4.78 is 0. The maximum atomic E-state index is 7.42. The van der Waals surface area contributed by atoms with Crippen LogP contribution in [-0.2, 0) is 0 Å². The first kappa shape index (κ1) is 9.72. The van der Waals surface area contributed by atoms with E-state index in [0.717, 1.165) is 11.1 Å². The van der Waals surface area contributed by atoms with E-state index in [9.17, 15) is 0 Å². The Labute approximate surface area is 79.6 Å². The number of hydrogen-bond donors (Lipinski definition) is 1. The molecule has 1 heteroatoms. The van der Waals surface area contributed by atoms with Crippen LogP contribution < -0.4 is 0 Å². The summed E-state index contributed by atoms with van der Waals surface area (Å²) >= 11 is 0. The molecule has 0 saturated carbocycles. The minimum absolute atomic E-state index is 0.626. The van der Waals surface area contributed by atoms with Crippen LogP contribution in [0.3, 0.4) is 0 Å². The minimum Gasteiger partial charge on any atom is -0.305 e. The van der Waals surface area contributed by atoms with Crippen LogP contribution >= 0.6 is 0 Å². The average molecular weight is 173 g/mol. The second-order valence-corrected chi connectivity index (χ2v) is 3.36. The van der Waals surface area contributed by atoms with Gasteiger partial charge in [-0.25, -0.2) is 0 Å². The van der Waals surface area contributed by atoms with Crippen molar-refractivity contribution in [3.05, 3.63) is 41.0 Å². The van der Waals surface area contributed by atoms with Crippen molar-refractivity contribution in [3.8, 4) is 0 Å². The van der Waals surface area contributed by atoms with E-state index in [2.05, 4.69) is 31.2 Å². The van der Waals surface area contributed by atoms with E-state index in [1.165, 1.54) is 5.56 Å². The first-order chi connectivity index (χ1) is 6.09. The molecule has 0 aliphatic carbocycles. The molecule has 0 saturated heterocycles. The van der Waals surface area contributed by atoms with Gasteiger partial charge in [0.25, 0.3) is 0 Å². The Bertz CT molecular complexity index is 331. The van der Waals surface area contributed by atoms with Gasteiger partial charge in [0.1, 0.15) is 0 Å². The van der Waals surface area contributed by atoms with Crippen molar-refractivity contribution >= 4 is 11.8 Å². The summed E-state index contributed by atoms with van der Waals surface area (Å²) in [5, 5.41) is 7.42. The Hall–Kier alpha value is -1.37. The predicted molar refractivity (Wildman–Crippen MR) is 58.2 cm³/mol. The quantitative estimate of drug-likeness (QED) is 0.662. The molecule has 0 aliphatic rings. The first-order valence-corrected chi connectivity index (χ1v) is 4.40. The van der Waals surface area contributed by atoms with Gasteiger partial charge in [0.15, 0.2) is 0 Å². The number of rotatable bonds is 2. The van der Waals surface area contributed by atoms with Crippen molar-refractivity contribution < 1.29 is 0 Å². The zero-order valence-corrected chi connectivity index (χ0v) is 8.39. The second-order valence-electron chi connectivity index (χ2n) is 3.36. The number of nitrogens with one attached hydrogen (secondary N) is 1. The fourth-order valence-electron chi connectivity index (χ4n) is 1.02. The number of benzene rings is 1. The van der Waals surface area contributed by atoms with Gasteiger partial charge in [0.2, 0.25) is 0 Å². The smallest absolute Gasteiger partial charge is 0.0312 e. The Balaban J connectivity index is 2.92. The molecule has 68 valence electrons. The summed E-state index contributed by atoms with van der Waals surface area (Å²) in [5.41, 5.74) is 4.07. The lowest BCUT2D eigenvalue weighted by Gasteiger charge is -1.98. The highest BCUT2D eigenvalue weighted by Crippen LogP contribution is 2.08. The highest BCUT2D eigenvalue weighted by atomic mass is 14.4. The van der Waals surface area contributed by atoms with Crippen LogP contribution in [0.1, 0.15) is 25.0 Å². The van der Waals surface area contributed by atoms with Crippen LogP contribution in [0.25, 0.3) is 6.08 Å². The third-order valence-electron chi connectivity index (χ3n) is 2.05. The fraction of sp³-hybridized carbons (Fsp3) is 0.250. The van der Waals surface area contributed by atoms with E-state index in [4.69, 9.17) is 5.41 Å². The Morgan fingerprint density at radius 2 is 1.69 bits per heavy atom. The van der Waals surface area contributed by atoms with Crippen LogP contribution in [-0.4, -0.2) is 5.71 Å². The number of aryl methyl sites for hydroxylation is 1. The van der Waals surface area contributed by atoms with Gasteiger partial charge in [0.05, 0.1) is 0 Å². The normalized spacial score (nSPS) is 11.5. The van der Waals surface area contributed by atoms with E-state index in [0.29, 0.717) is 5.71 Å². The van der Waals surface area contributed by atoms with Gasteiger partial charge >= 0.3 is 0 Å². The second kappa shape index (κ2) is 4.04. The van der Waals surface area contributed by atoms with Gasteiger partial charge in [-0.1, -0.05) is 35.9 Å². The molecular weight excluding hydrogens is 158 g/mol. The molecule has 0 aliphatic heterocycles. The van der Waals surface area contributed by atoms with Gasteiger partial charge in [-0.05, 0) is 31.9 Å². The third kappa shape index (κ3) is 2.86. The van der Waals surface area contributed by atoms with E-state index in [1.54, 1.807) is 6.92 Å². The number of hydrogen-bond acceptors (Lipinski definition) is 1. The predicted octanol–water partition coefficient (Wildman–Crippen LogP) is 3.44. The Kier molecular flexibility index (Phi) is 3.02. The van der Waals surface area contributed by atoms with E-state index in [-0.39, 0.29) is 0 Å². The van der Waals surface area contributed by atoms with E-state index >= 15 is 0 Å². The van der Waals surface area contributed by atoms with Crippen LogP contribution in [0.5, 0.6) is 0 Å². The maximum absolute atomic E-state index is 7.42. The van der Waals surface area contributed by atoms with Gasteiger partial charge < -0.3 is 5.41 Å². The molecule has 0 aromatic heterocycles. The van der Waals surface area contributed by atoms with Gasteiger partial charge in [0, 0.05) is 5.71 Å². The zero-order chi connectivity index (χ0) is 9.84. The van der Waals surface area contributed by atoms with Crippen molar-refractivity contribution in [1.29, 1.82) is 5.41 Å². The molecule has 0 fully saturated rings. The van der Waals surface area contributed by atoms with E-state index < -0.39 is 0 Å². The first-order valence-electron chi connectivity index (χ1n) is 4.40. The van der Waals surface area contributed by atoms with Crippen molar-refractivity contribution in [2.75, 3.05) is 0 Å². The average Bonchev–Trinajstić information content (AvgIpc) is 2.08. The molecule has 0 unspecified atom stereocenters. The molecular formula is C12H15N.